The van der Waals surface area contributed by atoms with Gasteiger partial charge in [-0.3, -0.25) is 24.0 Å². The van der Waals surface area contributed by atoms with Gasteiger partial charge in [0.15, 0.2) is 0 Å². The molecule has 2 heterocycles. The van der Waals surface area contributed by atoms with E-state index in [9.17, 15) is 24.0 Å². The van der Waals surface area contributed by atoms with Gasteiger partial charge in [-0.05, 0) is 186 Å². The number of likely N-dealkylation sites (tertiary alicyclic amines) is 2. The fraction of sp³-hybridized carbons (Fsp3) is 0.355. The number of nitrogens with zero attached hydrogens (tertiary/aromatic N) is 2. The molecule has 2 saturated heterocycles. The van der Waals surface area contributed by atoms with Crippen molar-refractivity contribution in [2.24, 2.45) is 11.8 Å². The summed E-state index contributed by atoms with van der Waals surface area (Å²) in [5, 5.41) is 15.0. The number of piperidine rings is 2. The minimum Gasteiger partial charge on any atom is -0.354 e. The zero-order chi connectivity index (χ0) is 61.2. The molecular formula is C76H91N7O5. The number of benzene rings is 7. The molecule has 0 bridgehead atoms. The average Bonchev–Trinajstić information content (AvgIpc) is 3.76. The Morgan fingerprint density at radius 2 is 0.773 bits per heavy atom. The lowest BCUT2D eigenvalue weighted by Gasteiger charge is -2.32. The van der Waals surface area contributed by atoms with Crippen molar-refractivity contribution in [2.45, 2.75) is 102 Å². The number of hydrogen-bond acceptors (Lipinski definition) is 7. The van der Waals surface area contributed by atoms with Gasteiger partial charge in [0.25, 0.3) is 5.91 Å². The Kier molecular flexibility index (Phi) is 27.8. The molecule has 12 nitrogen and oxygen atoms in total. The number of rotatable bonds is 30. The van der Waals surface area contributed by atoms with Crippen LogP contribution in [-0.4, -0.2) is 110 Å². The van der Waals surface area contributed by atoms with E-state index in [1.165, 1.54) is 42.4 Å². The van der Waals surface area contributed by atoms with Gasteiger partial charge in [0, 0.05) is 37.7 Å². The number of hydrogen-bond donors (Lipinski definition) is 5. The van der Waals surface area contributed by atoms with Crippen LogP contribution in [-0.2, 0) is 44.9 Å². The molecular weight excluding hydrogens is 1090 g/mol. The van der Waals surface area contributed by atoms with Gasteiger partial charge in [0.2, 0.25) is 23.6 Å². The molecule has 2 aliphatic rings. The lowest BCUT2D eigenvalue weighted by atomic mass is 9.90. The fourth-order valence-corrected chi connectivity index (χ4v) is 11.8. The third-order valence-electron chi connectivity index (χ3n) is 16.8. The minimum absolute atomic E-state index is 0.129. The first-order chi connectivity index (χ1) is 43.2. The molecule has 7 aromatic carbocycles. The largest absolute Gasteiger partial charge is 0.354 e. The molecule has 0 spiro atoms. The van der Waals surface area contributed by atoms with Crippen molar-refractivity contribution >= 4 is 35.1 Å². The summed E-state index contributed by atoms with van der Waals surface area (Å²) in [6, 6.07) is 69.4. The maximum absolute atomic E-state index is 13.5. The van der Waals surface area contributed by atoms with Crippen molar-refractivity contribution in [1.29, 1.82) is 0 Å². The number of amides is 5. The van der Waals surface area contributed by atoms with E-state index >= 15 is 0 Å². The van der Waals surface area contributed by atoms with Gasteiger partial charge in [-0.2, -0.15) is 0 Å². The van der Waals surface area contributed by atoms with Crippen LogP contribution in [0.15, 0.2) is 218 Å². The van der Waals surface area contributed by atoms with Gasteiger partial charge in [0.1, 0.15) is 12.1 Å². The van der Waals surface area contributed by atoms with Gasteiger partial charge < -0.3 is 36.4 Å². The van der Waals surface area contributed by atoms with Crippen LogP contribution in [0.1, 0.15) is 108 Å². The van der Waals surface area contributed by atoms with Crippen LogP contribution < -0.4 is 26.6 Å². The lowest BCUT2D eigenvalue weighted by molar-refractivity contribution is -0.129. The first kappa shape index (κ1) is 65.5. The summed E-state index contributed by atoms with van der Waals surface area (Å²) in [6.07, 6.45) is 13.8. The van der Waals surface area contributed by atoms with E-state index in [1.807, 2.05) is 127 Å². The molecule has 0 saturated carbocycles. The van der Waals surface area contributed by atoms with E-state index in [-0.39, 0.29) is 36.0 Å². The van der Waals surface area contributed by atoms with Crippen LogP contribution in [0.2, 0.25) is 0 Å². The molecule has 9 rings (SSSR count). The molecule has 0 radical (unpaired) electrons. The monoisotopic (exact) mass is 1180 g/mol. The van der Waals surface area contributed by atoms with Crippen molar-refractivity contribution in [3.63, 3.8) is 0 Å². The Labute approximate surface area is 523 Å². The Morgan fingerprint density at radius 1 is 0.409 bits per heavy atom. The maximum Gasteiger partial charge on any atom is 0.251 e. The number of nitrogens with one attached hydrogen (secondary N) is 5. The van der Waals surface area contributed by atoms with Crippen molar-refractivity contribution in [1.82, 2.24) is 36.4 Å². The quantitative estimate of drug-likeness (QED) is 0.0222. The maximum atomic E-state index is 13.5. The van der Waals surface area contributed by atoms with E-state index in [2.05, 4.69) is 109 Å². The third kappa shape index (κ3) is 23.7. The summed E-state index contributed by atoms with van der Waals surface area (Å²) in [4.78, 5) is 70.1. The van der Waals surface area contributed by atoms with Crippen LogP contribution >= 0.6 is 0 Å². The Balaban J connectivity index is 0.000000228. The number of carbonyl (C=O) groups excluding carboxylic acids is 5. The molecule has 0 aromatic heterocycles. The molecule has 88 heavy (non-hydrogen) atoms. The zero-order valence-electron chi connectivity index (χ0n) is 51.3. The summed E-state index contributed by atoms with van der Waals surface area (Å²) >= 11 is 0. The molecule has 5 amide bonds. The normalized spacial score (nSPS) is 14.4. The van der Waals surface area contributed by atoms with E-state index in [4.69, 9.17) is 0 Å². The molecule has 12 heteroatoms. The van der Waals surface area contributed by atoms with E-state index in [0.717, 1.165) is 112 Å². The van der Waals surface area contributed by atoms with E-state index < -0.39 is 12.1 Å². The summed E-state index contributed by atoms with van der Waals surface area (Å²) in [6.45, 7) is 7.61. The van der Waals surface area contributed by atoms with Gasteiger partial charge in [-0.15, -0.1) is 0 Å². The summed E-state index contributed by atoms with van der Waals surface area (Å²) in [5.74, 6) is 0.598. The highest BCUT2D eigenvalue weighted by Gasteiger charge is 2.25. The van der Waals surface area contributed by atoms with E-state index in [0.29, 0.717) is 44.5 Å². The fourth-order valence-electron chi connectivity index (χ4n) is 11.8. The highest BCUT2D eigenvalue weighted by molar-refractivity contribution is 6.01. The average molecular weight is 1180 g/mol. The zero-order valence-corrected chi connectivity index (χ0v) is 51.3. The Bertz CT molecular complexity index is 3110. The molecule has 5 N–H and O–H groups in total. The van der Waals surface area contributed by atoms with Crippen LogP contribution in [0.4, 0.5) is 0 Å². The van der Waals surface area contributed by atoms with Crippen LogP contribution in [0, 0.1) is 11.8 Å². The Morgan fingerprint density at radius 3 is 1.18 bits per heavy atom. The first-order valence-electron chi connectivity index (χ1n) is 32.1. The summed E-state index contributed by atoms with van der Waals surface area (Å²) < 4.78 is 0. The van der Waals surface area contributed by atoms with Gasteiger partial charge in [-0.25, -0.2) is 0 Å². The van der Waals surface area contributed by atoms with Crippen LogP contribution in [0.5, 0.6) is 0 Å². The second-order valence-corrected chi connectivity index (χ2v) is 23.5. The van der Waals surface area contributed by atoms with Crippen LogP contribution in [0.3, 0.4) is 0 Å². The third-order valence-corrected chi connectivity index (χ3v) is 16.8. The second-order valence-electron chi connectivity index (χ2n) is 23.5. The van der Waals surface area contributed by atoms with Crippen molar-refractivity contribution in [2.75, 3.05) is 58.9 Å². The first-order valence-corrected chi connectivity index (χ1v) is 32.1. The van der Waals surface area contributed by atoms with E-state index in [1.54, 1.807) is 18.2 Å². The van der Waals surface area contributed by atoms with Crippen LogP contribution in [0.25, 0.3) is 5.57 Å². The van der Waals surface area contributed by atoms with Gasteiger partial charge in [0.05, 0.1) is 0 Å². The summed E-state index contributed by atoms with van der Waals surface area (Å²) in [5.41, 5.74) is 8.51. The van der Waals surface area contributed by atoms with Crippen molar-refractivity contribution in [3.8, 4) is 0 Å². The molecule has 7 aromatic rings. The topological polar surface area (TPSA) is 152 Å². The molecule has 2 atom stereocenters. The Hall–Kier alpha value is -8.45. The van der Waals surface area contributed by atoms with Gasteiger partial charge >= 0.3 is 0 Å². The predicted octanol–water partition coefficient (Wildman–Crippen LogP) is 11.5. The molecule has 460 valence electrons. The lowest BCUT2D eigenvalue weighted by Crippen LogP contribution is -2.47. The standard InChI is InChI=1S/C40H45N3O2.C36H46N4O3/c44-39(31-37(35-18-9-3-10-19-35)36-20-11-4-12-21-36)42-38(40(45)41-26-23-32-14-5-1-6-15-32)22-13-27-43-28-24-34(25-29-43)30-33-16-7-2-8-17-33;41-34(19-10-23-37-35(42)32-16-8-3-9-17-32)39-33(36(43)38-24-20-29-12-4-1-5-13-29)18-11-25-40-26-21-31(22-27-40)28-30-14-6-2-7-15-30/h1-12,14-21,31,34,38H,13,22-30H2,(H,41,45)(H,42,44);1-9,12-17,31,33H,10-11,18-28H2,(H,37,42)(H,38,43)(H,39,41)/t38-;33-/m00/s1. The smallest absolute Gasteiger partial charge is 0.251 e. The molecule has 2 aliphatic heterocycles. The SMILES string of the molecule is O=C(C=C(c1ccccc1)c1ccccc1)N[C@@H](CCCN1CCC(Cc2ccccc2)CC1)C(=O)NCCc1ccccc1.O=C(CCCNC(=O)c1ccccc1)N[C@@H](CCCN1CCC(Cc2ccccc2)CC1)C(=O)NCCc1ccccc1. The minimum atomic E-state index is -0.604. The summed E-state index contributed by atoms with van der Waals surface area (Å²) in [7, 11) is 0. The number of carbonyl (C=O) groups is 5. The predicted molar refractivity (Wildman–Crippen MR) is 355 cm³/mol. The second kappa shape index (κ2) is 37.3. The highest BCUT2D eigenvalue weighted by atomic mass is 16.2. The highest BCUT2D eigenvalue weighted by Crippen LogP contribution is 2.25. The van der Waals surface area contributed by atoms with Gasteiger partial charge in [-0.1, -0.05) is 200 Å². The molecule has 0 unspecified atom stereocenters. The van der Waals surface area contributed by atoms with Crippen molar-refractivity contribution < 1.29 is 24.0 Å². The molecule has 2 fully saturated rings. The van der Waals surface area contributed by atoms with Crippen molar-refractivity contribution in [3.05, 3.63) is 257 Å². The molecule has 0 aliphatic carbocycles.